The van der Waals surface area contributed by atoms with Gasteiger partial charge >= 0.3 is 0 Å². The highest BCUT2D eigenvalue weighted by Crippen LogP contribution is 2.34. The first-order valence-corrected chi connectivity index (χ1v) is 6.86. The van der Waals surface area contributed by atoms with Gasteiger partial charge in [0.15, 0.2) is 8.68 Å². The summed E-state index contributed by atoms with van der Waals surface area (Å²) in [6, 6.07) is 0. The van der Waals surface area contributed by atoms with Gasteiger partial charge in [0.25, 0.3) is 0 Å². The molecule has 2 aromatic heterocycles. The molecule has 0 aliphatic heterocycles. The first-order valence-electron chi connectivity index (χ1n) is 4.03. The largest absolute Gasteiger partial charge is 0.369 e. The third-order valence-electron chi connectivity index (χ3n) is 1.40. The van der Waals surface area contributed by atoms with E-state index in [0.717, 1.165) is 8.68 Å². The normalized spacial score (nSPS) is 10.6. The summed E-state index contributed by atoms with van der Waals surface area (Å²) in [6.45, 7) is 0. The smallest absolute Gasteiger partial charge is 0.224 e. The van der Waals surface area contributed by atoms with Crippen LogP contribution >= 0.6 is 46.0 Å². The van der Waals surface area contributed by atoms with E-state index in [2.05, 4.69) is 15.2 Å². The molecule has 0 bridgehead atoms. The van der Waals surface area contributed by atoms with Gasteiger partial charge in [-0.25, -0.2) is 4.98 Å². The van der Waals surface area contributed by atoms with E-state index in [4.69, 9.17) is 17.3 Å². The fourth-order valence-electron chi connectivity index (χ4n) is 0.861. The predicted molar refractivity (Wildman–Crippen MR) is 64.1 cm³/mol. The molecule has 84 valence electrons. The Labute approximate surface area is 108 Å². The number of hydrogen-bond acceptors (Lipinski definition) is 7. The summed E-state index contributed by atoms with van der Waals surface area (Å²) in [5, 5.41) is 8.38. The van der Waals surface area contributed by atoms with Gasteiger partial charge in [0.2, 0.25) is 5.91 Å². The molecular formula is C7H5ClN4OS3. The molecule has 0 spiro atoms. The molecule has 0 aliphatic rings. The molecule has 9 heteroatoms. The molecule has 0 unspecified atom stereocenters. The number of amides is 1. The molecule has 2 heterocycles. The van der Waals surface area contributed by atoms with Crippen LogP contribution in [0.15, 0.2) is 14.9 Å². The van der Waals surface area contributed by atoms with Crippen molar-refractivity contribution in [2.24, 2.45) is 5.73 Å². The van der Waals surface area contributed by atoms with Crippen LogP contribution in [0.1, 0.15) is 5.01 Å². The average molecular weight is 293 g/mol. The Morgan fingerprint density at radius 1 is 1.44 bits per heavy atom. The van der Waals surface area contributed by atoms with Crippen molar-refractivity contribution in [3.8, 4) is 0 Å². The summed E-state index contributed by atoms with van der Waals surface area (Å²) in [5.41, 5.74) is 5.06. The predicted octanol–water partition coefficient (Wildman–Crippen LogP) is 1.83. The van der Waals surface area contributed by atoms with Gasteiger partial charge in [0, 0.05) is 0 Å². The van der Waals surface area contributed by atoms with Crippen LogP contribution in [0.3, 0.4) is 0 Å². The minimum absolute atomic E-state index is 0.122. The topological polar surface area (TPSA) is 81.8 Å². The molecule has 0 radical (unpaired) electrons. The molecule has 2 N–H and O–H groups in total. The number of nitrogens with two attached hydrogens (primary N) is 1. The number of halogens is 1. The van der Waals surface area contributed by atoms with Gasteiger partial charge in [-0.3, -0.25) is 4.79 Å². The lowest BCUT2D eigenvalue weighted by Gasteiger charge is -1.87. The monoisotopic (exact) mass is 292 g/mol. The van der Waals surface area contributed by atoms with Gasteiger partial charge in [-0.15, -0.1) is 10.2 Å². The number of nitrogens with zero attached hydrogens (tertiary/aromatic N) is 3. The van der Waals surface area contributed by atoms with Crippen LogP contribution in [-0.4, -0.2) is 21.1 Å². The Morgan fingerprint density at radius 2 is 2.25 bits per heavy atom. The fraction of sp³-hybridized carbons (Fsp3) is 0.143. The first kappa shape index (κ1) is 11.8. The summed E-state index contributed by atoms with van der Waals surface area (Å²) in [5.74, 6) is -0.412. The zero-order chi connectivity index (χ0) is 11.5. The SMILES string of the molecule is NC(=O)Cc1nnc(Sc2ncc(Cl)s2)s1. The van der Waals surface area contributed by atoms with Gasteiger partial charge in [-0.05, 0) is 11.8 Å². The summed E-state index contributed by atoms with van der Waals surface area (Å²) in [6.07, 6.45) is 1.71. The van der Waals surface area contributed by atoms with E-state index in [9.17, 15) is 4.79 Å². The van der Waals surface area contributed by atoms with E-state index < -0.39 is 5.91 Å². The molecule has 5 nitrogen and oxygen atoms in total. The highest BCUT2D eigenvalue weighted by molar-refractivity contribution is 8.02. The van der Waals surface area contributed by atoms with Crippen molar-refractivity contribution in [3.05, 3.63) is 15.5 Å². The van der Waals surface area contributed by atoms with Crippen molar-refractivity contribution in [2.45, 2.75) is 15.1 Å². The summed E-state index contributed by atoms with van der Waals surface area (Å²) in [4.78, 5) is 14.7. The molecule has 2 aromatic rings. The van der Waals surface area contributed by atoms with Crippen LogP contribution in [0.5, 0.6) is 0 Å². The van der Waals surface area contributed by atoms with E-state index >= 15 is 0 Å². The maximum atomic E-state index is 10.7. The van der Waals surface area contributed by atoms with Crippen LogP contribution in [0, 0.1) is 0 Å². The second-order valence-electron chi connectivity index (χ2n) is 2.64. The standard InChI is InChI=1S/C7H5ClN4OS3/c8-3-2-10-6(14-3)16-7-12-11-5(15-7)1-4(9)13/h2H,1H2,(H2,9,13). The zero-order valence-corrected chi connectivity index (χ0v) is 10.9. The van der Waals surface area contributed by atoms with Crippen molar-refractivity contribution in [3.63, 3.8) is 0 Å². The van der Waals surface area contributed by atoms with Crippen LogP contribution in [0.25, 0.3) is 0 Å². The number of primary amides is 1. The van der Waals surface area contributed by atoms with Crippen molar-refractivity contribution in [1.82, 2.24) is 15.2 Å². The first-order chi connectivity index (χ1) is 7.63. The molecule has 0 aromatic carbocycles. The molecule has 0 saturated heterocycles. The lowest BCUT2D eigenvalue weighted by atomic mass is 10.4. The Bertz CT molecular complexity index is 511. The summed E-state index contributed by atoms with van der Waals surface area (Å²) >= 11 is 9.82. The Balaban J connectivity index is 2.05. The van der Waals surface area contributed by atoms with E-state index in [1.54, 1.807) is 6.20 Å². The summed E-state index contributed by atoms with van der Waals surface area (Å²) in [7, 11) is 0. The molecule has 2 rings (SSSR count). The number of carbonyl (C=O) groups excluding carboxylic acids is 1. The highest BCUT2D eigenvalue weighted by Gasteiger charge is 2.10. The molecule has 1 amide bonds. The minimum atomic E-state index is -0.412. The molecule has 0 fully saturated rings. The fourth-order valence-corrected chi connectivity index (χ4v) is 4.08. The lowest BCUT2D eigenvalue weighted by molar-refractivity contribution is -0.117. The van der Waals surface area contributed by atoms with Crippen LogP contribution in [0.4, 0.5) is 0 Å². The number of aromatic nitrogens is 3. The molecule has 0 aliphatic carbocycles. The van der Waals surface area contributed by atoms with E-state index in [1.165, 1.54) is 34.4 Å². The van der Waals surface area contributed by atoms with Crippen LogP contribution in [-0.2, 0) is 11.2 Å². The van der Waals surface area contributed by atoms with Gasteiger partial charge in [0.1, 0.15) is 9.34 Å². The van der Waals surface area contributed by atoms with E-state index in [-0.39, 0.29) is 6.42 Å². The zero-order valence-electron chi connectivity index (χ0n) is 7.71. The molecule has 0 saturated carbocycles. The maximum absolute atomic E-state index is 10.7. The second kappa shape index (κ2) is 5.09. The van der Waals surface area contributed by atoms with Crippen LogP contribution in [0.2, 0.25) is 4.34 Å². The quantitative estimate of drug-likeness (QED) is 0.929. The third-order valence-corrected chi connectivity index (χ3v) is 4.57. The number of rotatable bonds is 4. The van der Waals surface area contributed by atoms with Crippen molar-refractivity contribution in [1.29, 1.82) is 0 Å². The Morgan fingerprint density at radius 3 is 2.88 bits per heavy atom. The van der Waals surface area contributed by atoms with Crippen molar-refractivity contribution in [2.75, 3.05) is 0 Å². The van der Waals surface area contributed by atoms with Crippen LogP contribution < -0.4 is 5.73 Å². The lowest BCUT2D eigenvalue weighted by Crippen LogP contribution is -2.13. The van der Waals surface area contributed by atoms with Gasteiger partial charge in [-0.1, -0.05) is 34.3 Å². The van der Waals surface area contributed by atoms with Gasteiger partial charge in [-0.2, -0.15) is 0 Å². The minimum Gasteiger partial charge on any atom is -0.369 e. The Hall–Kier alpha value is -0.700. The third kappa shape index (κ3) is 3.14. The van der Waals surface area contributed by atoms with Gasteiger partial charge in [0.05, 0.1) is 12.6 Å². The molecule has 16 heavy (non-hydrogen) atoms. The highest BCUT2D eigenvalue weighted by atomic mass is 35.5. The number of hydrogen-bond donors (Lipinski definition) is 1. The van der Waals surface area contributed by atoms with E-state index in [0.29, 0.717) is 9.34 Å². The maximum Gasteiger partial charge on any atom is 0.224 e. The molecular weight excluding hydrogens is 288 g/mol. The second-order valence-corrected chi connectivity index (χ2v) is 6.86. The van der Waals surface area contributed by atoms with Crippen molar-refractivity contribution < 1.29 is 4.79 Å². The Kier molecular flexibility index (Phi) is 3.74. The molecule has 0 atom stereocenters. The number of thiazole rings is 1. The number of carbonyl (C=O) groups is 1. The summed E-state index contributed by atoms with van der Waals surface area (Å²) < 4.78 is 2.15. The van der Waals surface area contributed by atoms with Gasteiger partial charge < -0.3 is 5.73 Å². The average Bonchev–Trinajstić information content (AvgIpc) is 2.76. The van der Waals surface area contributed by atoms with Crippen molar-refractivity contribution >= 4 is 51.9 Å². The van der Waals surface area contributed by atoms with E-state index in [1.807, 2.05) is 0 Å².